The van der Waals surface area contributed by atoms with Crippen LogP contribution in [-0.4, -0.2) is 9.97 Å². The van der Waals surface area contributed by atoms with Gasteiger partial charge in [-0.2, -0.15) is 0 Å². The van der Waals surface area contributed by atoms with E-state index in [9.17, 15) is 4.79 Å². The highest BCUT2D eigenvalue weighted by Crippen LogP contribution is 2.34. The van der Waals surface area contributed by atoms with Gasteiger partial charge in [0.05, 0.1) is 10.4 Å². The molecule has 0 fully saturated rings. The normalized spacial score (nSPS) is 15.1. The lowest BCUT2D eigenvalue weighted by Gasteiger charge is -2.09. The van der Waals surface area contributed by atoms with Crippen LogP contribution >= 0.6 is 50.2 Å². The first-order chi connectivity index (χ1) is 11.1. The van der Waals surface area contributed by atoms with Crippen LogP contribution in [0.1, 0.15) is 34.0 Å². The molecule has 0 bridgehead atoms. The molecule has 3 heterocycles. The zero-order chi connectivity index (χ0) is 16.0. The summed E-state index contributed by atoms with van der Waals surface area (Å²) in [6, 6.07) is 1.98. The maximum atomic E-state index is 12.5. The Morgan fingerprint density at radius 2 is 2.22 bits per heavy atom. The van der Waals surface area contributed by atoms with Gasteiger partial charge in [-0.05, 0) is 59.3 Å². The van der Waals surface area contributed by atoms with Crippen molar-refractivity contribution < 1.29 is 0 Å². The van der Waals surface area contributed by atoms with Crippen molar-refractivity contribution in [1.29, 1.82) is 0 Å². The Morgan fingerprint density at radius 3 is 3.00 bits per heavy atom. The number of hydrogen-bond acceptors (Lipinski definition) is 4. The van der Waals surface area contributed by atoms with Crippen molar-refractivity contribution in [2.24, 2.45) is 0 Å². The fraction of sp³-hybridized carbons (Fsp3) is 0.250. The minimum Gasteiger partial charge on any atom is -0.305 e. The molecule has 0 spiro atoms. The number of hydrogen-bond donors (Lipinski definition) is 1. The number of aromatic nitrogens is 2. The molecule has 0 aliphatic heterocycles. The summed E-state index contributed by atoms with van der Waals surface area (Å²) in [6.07, 6.45) is 6.20. The van der Waals surface area contributed by atoms with E-state index in [4.69, 9.17) is 11.6 Å². The van der Waals surface area contributed by atoms with Gasteiger partial charge in [-0.25, -0.2) is 4.98 Å². The topological polar surface area (TPSA) is 45.8 Å². The summed E-state index contributed by atoms with van der Waals surface area (Å²) in [4.78, 5) is 23.1. The van der Waals surface area contributed by atoms with Crippen molar-refractivity contribution in [3.8, 4) is 0 Å². The van der Waals surface area contributed by atoms with Gasteiger partial charge in [0, 0.05) is 19.6 Å². The van der Waals surface area contributed by atoms with Crippen LogP contribution in [0.25, 0.3) is 21.3 Å². The third-order valence-corrected chi connectivity index (χ3v) is 7.02. The summed E-state index contributed by atoms with van der Waals surface area (Å²) in [7, 11) is 0. The molecule has 0 saturated heterocycles. The highest BCUT2D eigenvalue weighted by molar-refractivity contribution is 9.10. The zero-order valence-electron chi connectivity index (χ0n) is 12.0. The van der Waals surface area contributed by atoms with Crippen molar-refractivity contribution in [2.75, 3.05) is 0 Å². The van der Waals surface area contributed by atoms with E-state index in [0.717, 1.165) is 38.8 Å². The van der Waals surface area contributed by atoms with Gasteiger partial charge in [0.1, 0.15) is 4.83 Å². The highest BCUT2D eigenvalue weighted by atomic mass is 79.9. The molecular formula is C16H12BrClN2OS2. The maximum Gasteiger partial charge on any atom is 0.260 e. The Hall–Kier alpha value is -0.950. The van der Waals surface area contributed by atoms with Gasteiger partial charge in [-0.3, -0.25) is 4.79 Å². The number of thiophene rings is 2. The monoisotopic (exact) mass is 426 g/mol. The van der Waals surface area contributed by atoms with Gasteiger partial charge < -0.3 is 4.98 Å². The molecule has 23 heavy (non-hydrogen) atoms. The first-order valence-electron chi connectivity index (χ1n) is 7.28. The second-order valence-electron chi connectivity index (χ2n) is 5.47. The molecule has 0 amide bonds. The molecule has 3 aromatic rings. The molecule has 1 aliphatic rings. The number of rotatable bonds is 2. The summed E-state index contributed by atoms with van der Waals surface area (Å²) >= 11 is 13.0. The van der Waals surface area contributed by atoms with Gasteiger partial charge in [0.25, 0.3) is 5.56 Å². The number of nitrogens with one attached hydrogen (secondary N) is 1. The first-order valence-corrected chi connectivity index (χ1v) is 10.1. The lowest BCUT2D eigenvalue weighted by Crippen LogP contribution is -2.12. The smallest absolute Gasteiger partial charge is 0.260 e. The summed E-state index contributed by atoms with van der Waals surface area (Å²) in [5, 5.41) is 3.20. The SMILES string of the molecule is O=c1[nH]c(/C(Cl)=C/c2cc(Br)cs2)nc2sc3c(c12)CCCC3. The third kappa shape index (κ3) is 2.93. The number of aromatic amines is 1. The molecule has 3 nitrogen and oxygen atoms in total. The summed E-state index contributed by atoms with van der Waals surface area (Å²) in [5.74, 6) is 0.437. The molecule has 1 aliphatic carbocycles. The molecule has 0 atom stereocenters. The van der Waals surface area contributed by atoms with Gasteiger partial charge in [0.2, 0.25) is 0 Å². The summed E-state index contributed by atoms with van der Waals surface area (Å²) < 4.78 is 1.01. The predicted octanol–water partition coefficient (Wildman–Crippen LogP) is 5.42. The molecule has 4 rings (SSSR count). The van der Waals surface area contributed by atoms with Crippen LogP contribution < -0.4 is 5.56 Å². The zero-order valence-corrected chi connectivity index (χ0v) is 16.0. The van der Waals surface area contributed by atoms with Crippen molar-refractivity contribution >= 4 is 71.5 Å². The highest BCUT2D eigenvalue weighted by Gasteiger charge is 2.20. The van der Waals surface area contributed by atoms with E-state index in [-0.39, 0.29) is 5.56 Å². The van der Waals surface area contributed by atoms with Crippen LogP contribution in [0.3, 0.4) is 0 Å². The molecule has 0 saturated carbocycles. The largest absolute Gasteiger partial charge is 0.305 e. The van der Waals surface area contributed by atoms with Crippen LogP contribution in [-0.2, 0) is 12.8 Å². The van der Waals surface area contributed by atoms with Crippen molar-refractivity contribution in [2.45, 2.75) is 25.7 Å². The minimum atomic E-state index is -0.0803. The Bertz CT molecular complexity index is 986. The van der Waals surface area contributed by atoms with E-state index in [1.165, 1.54) is 16.9 Å². The van der Waals surface area contributed by atoms with Gasteiger partial charge in [0.15, 0.2) is 5.82 Å². The van der Waals surface area contributed by atoms with Gasteiger partial charge >= 0.3 is 0 Å². The standard InChI is InChI=1S/C16H12BrClN2OS2/c17-8-5-9(22-7-8)6-11(18)14-19-15(21)13-10-3-1-2-4-12(10)23-16(13)20-14/h5-7H,1-4H2,(H,19,20,21)/b11-6-. The van der Waals surface area contributed by atoms with E-state index in [1.807, 2.05) is 17.5 Å². The number of H-pyrrole nitrogens is 1. The predicted molar refractivity (Wildman–Crippen MR) is 103 cm³/mol. The van der Waals surface area contributed by atoms with E-state index in [0.29, 0.717) is 10.9 Å². The molecule has 0 unspecified atom stereocenters. The molecule has 1 N–H and O–H groups in total. The van der Waals surface area contributed by atoms with Crippen LogP contribution in [0.15, 0.2) is 20.7 Å². The third-order valence-electron chi connectivity index (χ3n) is 3.91. The molecule has 0 aromatic carbocycles. The van der Waals surface area contributed by atoms with Crippen LogP contribution in [0, 0.1) is 0 Å². The molecular weight excluding hydrogens is 416 g/mol. The van der Waals surface area contributed by atoms with Gasteiger partial charge in [-0.15, -0.1) is 22.7 Å². The quantitative estimate of drug-likeness (QED) is 0.593. The molecule has 7 heteroatoms. The first kappa shape index (κ1) is 15.6. The minimum absolute atomic E-state index is 0.0803. The lowest BCUT2D eigenvalue weighted by atomic mass is 9.97. The van der Waals surface area contributed by atoms with E-state index < -0.39 is 0 Å². The second-order valence-corrected chi connectivity index (χ2v) is 8.81. The van der Waals surface area contributed by atoms with Crippen molar-refractivity contribution in [3.63, 3.8) is 0 Å². The van der Waals surface area contributed by atoms with Crippen LogP contribution in [0.4, 0.5) is 0 Å². The average molecular weight is 428 g/mol. The van der Waals surface area contributed by atoms with Crippen molar-refractivity contribution in [3.05, 3.63) is 47.4 Å². The number of nitrogens with zero attached hydrogens (tertiary/aromatic N) is 1. The van der Waals surface area contributed by atoms with Crippen molar-refractivity contribution in [1.82, 2.24) is 9.97 Å². The lowest BCUT2D eigenvalue weighted by molar-refractivity contribution is 0.700. The van der Waals surface area contributed by atoms with E-state index in [2.05, 4.69) is 25.9 Å². The van der Waals surface area contributed by atoms with E-state index >= 15 is 0 Å². The average Bonchev–Trinajstić information content (AvgIpc) is 3.10. The number of halogens is 2. The molecule has 3 aromatic heterocycles. The number of aryl methyl sites for hydroxylation is 2. The van der Waals surface area contributed by atoms with E-state index in [1.54, 1.807) is 22.7 Å². The Balaban J connectivity index is 1.82. The second kappa shape index (κ2) is 6.16. The Kier molecular flexibility index (Phi) is 4.17. The molecule has 0 radical (unpaired) electrons. The van der Waals surface area contributed by atoms with Crippen LogP contribution in [0.5, 0.6) is 0 Å². The maximum absolute atomic E-state index is 12.5. The summed E-state index contributed by atoms with van der Waals surface area (Å²) in [5.41, 5.74) is 1.11. The Morgan fingerprint density at radius 1 is 1.39 bits per heavy atom. The fourth-order valence-corrected chi connectivity index (χ4v) is 5.78. The molecule has 118 valence electrons. The summed E-state index contributed by atoms with van der Waals surface area (Å²) in [6.45, 7) is 0. The van der Waals surface area contributed by atoms with Crippen LogP contribution in [0.2, 0.25) is 0 Å². The fourth-order valence-electron chi connectivity index (χ4n) is 2.87. The van der Waals surface area contributed by atoms with Gasteiger partial charge in [-0.1, -0.05) is 11.6 Å². The number of fused-ring (bicyclic) bond motifs is 3. The Labute approximate surface area is 154 Å².